The van der Waals surface area contributed by atoms with Crippen LogP contribution in [0.25, 0.3) is 0 Å². The van der Waals surface area contributed by atoms with Crippen LogP contribution in [-0.4, -0.2) is 31.6 Å². The maximum absolute atomic E-state index is 11.7. The van der Waals surface area contributed by atoms with E-state index in [1.165, 1.54) is 75.0 Å². The maximum Gasteiger partial charge on any atom is 0.302 e. The zero-order valence-corrected chi connectivity index (χ0v) is 25.0. The van der Waals surface area contributed by atoms with Gasteiger partial charge in [0.25, 0.3) is 0 Å². The van der Waals surface area contributed by atoms with Gasteiger partial charge >= 0.3 is 5.97 Å². The molecule has 1 aliphatic heterocycles. The van der Waals surface area contributed by atoms with E-state index >= 15 is 0 Å². The first-order valence-corrected chi connectivity index (χ1v) is 15.7. The molecule has 0 aromatic heterocycles. The normalized spacial score (nSPS) is 33.6. The number of hydrogen-bond donors (Lipinski definition) is 0. The van der Waals surface area contributed by atoms with Gasteiger partial charge in [0, 0.05) is 19.8 Å². The second-order valence-corrected chi connectivity index (χ2v) is 13.4. The van der Waals surface area contributed by atoms with Gasteiger partial charge in [0.15, 0.2) is 6.29 Å². The molecule has 4 heteroatoms. The molecule has 3 saturated carbocycles. The van der Waals surface area contributed by atoms with Crippen LogP contribution in [0.1, 0.15) is 118 Å². The Labute approximate surface area is 232 Å². The van der Waals surface area contributed by atoms with Crippen molar-refractivity contribution in [3.05, 3.63) is 34.9 Å². The lowest BCUT2D eigenvalue weighted by Crippen LogP contribution is -2.36. The summed E-state index contributed by atoms with van der Waals surface area (Å²) in [6, 6.07) is 0. The van der Waals surface area contributed by atoms with Crippen molar-refractivity contribution in [3.63, 3.8) is 0 Å². The van der Waals surface area contributed by atoms with Gasteiger partial charge in [-0.2, -0.15) is 0 Å². The van der Waals surface area contributed by atoms with Crippen LogP contribution in [0.4, 0.5) is 0 Å². The third kappa shape index (κ3) is 7.22. The van der Waals surface area contributed by atoms with E-state index in [2.05, 4.69) is 40.3 Å². The molecular weight excluding hydrogens is 472 g/mol. The number of rotatable bonds is 10. The van der Waals surface area contributed by atoms with Crippen LogP contribution in [0.15, 0.2) is 34.9 Å². The second-order valence-electron chi connectivity index (χ2n) is 13.4. The summed E-state index contributed by atoms with van der Waals surface area (Å²) in [5, 5.41) is 0. The molecule has 1 saturated heterocycles. The number of allylic oxidation sites excluding steroid dienone is 4. The minimum absolute atomic E-state index is 0.0421. The Morgan fingerprint density at radius 2 is 1.89 bits per heavy atom. The summed E-state index contributed by atoms with van der Waals surface area (Å²) in [5.74, 6) is 2.94. The molecule has 0 bridgehead atoms. The molecular formula is C34H54O4. The van der Waals surface area contributed by atoms with Gasteiger partial charge < -0.3 is 14.2 Å². The van der Waals surface area contributed by atoms with Gasteiger partial charge in [-0.15, -0.1) is 0 Å². The predicted molar refractivity (Wildman–Crippen MR) is 155 cm³/mol. The van der Waals surface area contributed by atoms with Gasteiger partial charge in [-0.3, -0.25) is 4.79 Å². The first-order valence-electron chi connectivity index (χ1n) is 15.7. The Bertz CT molecular complexity index is 892. The molecule has 0 unspecified atom stereocenters. The van der Waals surface area contributed by atoms with Crippen LogP contribution >= 0.6 is 0 Å². The fraction of sp³-hybridized carbons (Fsp3) is 0.794. The summed E-state index contributed by atoms with van der Waals surface area (Å²) in [4.78, 5) is 11.7. The standard InChI is InChI=1S/C34H54O4/c1-23(2)9-7-10-25(4)31-15-16-32-28(11-8-18-34(31,32)6)21-27(13-17-33-36-19-20-37-33)30-22-29(38-26(5)35)14-12-24(30)3/h21,23,25,29,31-33H,3,7-20,22H2,1-2,4-6H3/b28-21+,30-27-/t25-,29+,31-,32+,34-/m1/s1. The molecule has 0 amide bonds. The summed E-state index contributed by atoms with van der Waals surface area (Å²) in [5.41, 5.74) is 6.00. The lowest BCUT2D eigenvalue weighted by molar-refractivity contribution is -0.146. The first-order chi connectivity index (χ1) is 18.2. The number of carbonyl (C=O) groups is 1. The van der Waals surface area contributed by atoms with Gasteiger partial charge in [-0.25, -0.2) is 0 Å². The van der Waals surface area contributed by atoms with Gasteiger partial charge in [-0.05, 0) is 91.6 Å². The van der Waals surface area contributed by atoms with E-state index in [-0.39, 0.29) is 18.4 Å². The predicted octanol–water partition coefficient (Wildman–Crippen LogP) is 8.71. The van der Waals surface area contributed by atoms with Crippen molar-refractivity contribution in [1.29, 1.82) is 0 Å². The largest absolute Gasteiger partial charge is 0.462 e. The second kappa shape index (κ2) is 13.3. The zero-order chi connectivity index (χ0) is 27.3. The minimum atomic E-state index is -0.183. The van der Waals surface area contributed by atoms with Crippen molar-refractivity contribution in [2.75, 3.05) is 13.2 Å². The monoisotopic (exact) mass is 526 g/mol. The van der Waals surface area contributed by atoms with Crippen LogP contribution in [-0.2, 0) is 19.0 Å². The minimum Gasteiger partial charge on any atom is -0.462 e. The van der Waals surface area contributed by atoms with Crippen molar-refractivity contribution in [2.45, 2.75) is 130 Å². The topological polar surface area (TPSA) is 44.8 Å². The summed E-state index contributed by atoms with van der Waals surface area (Å²) in [6.07, 6.45) is 17.4. The summed E-state index contributed by atoms with van der Waals surface area (Å²) in [6.45, 7) is 17.2. The molecule has 4 aliphatic rings. The highest BCUT2D eigenvalue weighted by atomic mass is 16.7. The van der Waals surface area contributed by atoms with Gasteiger partial charge in [0.1, 0.15) is 6.10 Å². The summed E-state index contributed by atoms with van der Waals surface area (Å²) >= 11 is 0. The van der Waals surface area contributed by atoms with Crippen molar-refractivity contribution in [2.24, 2.45) is 29.1 Å². The third-order valence-electron chi connectivity index (χ3n) is 10.2. The van der Waals surface area contributed by atoms with Crippen LogP contribution in [0.3, 0.4) is 0 Å². The Morgan fingerprint density at radius 3 is 2.61 bits per heavy atom. The Morgan fingerprint density at radius 1 is 1.13 bits per heavy atom. The van der Waals surface area contributed by atoms with Gasteiger partial charge in [0.05, 0.1) is 13.2 Å². The van der Waals surface area contributed by atoms with Crippen LogP contribution in [0.5, 0.6) is 0 Å². The van der Waals surface area contributed by atoms with E-state index in [1.807, 2.05) is 0 Å². The van der Waals surface area contributed by atoms with E-state index in [0.29, 0.717) is 24.5 Å². The lowest BCUT2D eigenvalue weighted by atomic mass is 9.60. The van der Waals surface area contributed by atoms with Crippen molar-refractivity contribution < 1.29 is 19.0 Å². The SMILES string of the molecule is C=C1CC[C@H](OC(C)=O)C/C1=C(/C=C1\CCC[C@]2(C)[C@@H]([C@H](C)CCCC(C)C)CC[C@@H]12)CCC1OCCO1. The molecule has 38 heavy (non-hydrogen) atoms. The summed E-state index contributed by atoms with van der Waals surface area (Å²) in [7, 11) is 0. The van der Waals surface area contributed by atoms with Crippen molar-refractivity contribution in [1.82, 2.24) is 0 Å². The Kier molecular flexibility index (Phi) is 10.4. The highest BCUT2D eigenvalue weighted by molar-refractivity contribution is 5.66. The van der Waals surface area contributed by atoms with E-state index in [0.717, 1.165) is 49.9 Å². The van der Waals surface area contributed by atoms with Crippen LogP contribution in [0, 0.1) is 29.1 Å². The quantitative estimate of drug-likeness (QED) is 0.267. The fourth-order valence-corrected chi connectivity index (χ4v) is 8.27. The van der Waals surface area contributed by atoms with Crippen LogP contribution < -0.4 is 0 Å². The third-order valence-corrected chi connectivity index (χ3v) is 10.2. The van der Waals surface area contributed by atoms with Crippen molar-refractivity contribution >= 4 is 5.97 Å². The lowest BCUT2D eigenvalue weighted by Gasteiger charge is -2.44. The molecule has 4 fully saturated rings. The molecule has 1 heterocycles. The molecule has 5 atom stereocenters. The number of fused-ring (bicyclic) bond motifs is 1. The molecule has 0 aromatic rings. The Balaban J connectivity index is 1.57. The van der Waals surface area contributed by atoms with Crippen molar-refractivity contribution in [3.8, 4) is 0 Å². The molecule has 4 rings (SSSR count). The molecule has 0 radical (unpaired) electrons. The highest BCUT2D eigenvalue weighted by Crippen LogP contribution is 2.60. The van der Waals surface area contributed by atoms with E-state index in [1.54, 1.807) is 5.57 Å². The number of ether oxygens (including phenoxy) is 3. The molecule has 0 aromatic carbocycles. The van der Waals surface area contributed by atoms with Gasteiger partial charge in [0.2, 0.25) is 0 Å². The summed E-state index contributed by atoms with van der Waals surface area (Å²) < 4.78 is 17.3. The first kappa shape index (κ1) is 29.6. The van der Waals surface area contributed by atoms with E-state index in [9.17, 15) is 4.79 Å². The van der Waals surface area contributed by atoms with Gasteiger partial charge in [-0.1, -0.05) is 70.8 Å². The number of esters is 1. The fourth-order valence-electron chi connectivity index (χ4n) is 8.27. The number of carbonyl (C=O) groups excluding carboxylic acids is 1. The number of hydrogen-bond acceptors (Lipinski definition) is 4. The molecule has 3 aliphatic carbocycles. The molecule has 4 nitrogen and oxygen atoms in total. The Hall–Kier alpha value is -1.39. The average molecular weight is 527 g/mol. The van der Waals surface area contributed by atoms with Crippen LogP contribution in [0.2, 0.25) is 0 Å². The maximum atomic E-state index is 11.7. The molecule has 0 N–H and O–H groups in total. The highest BCUT2D eigenvalue weighted by Gasteiger charge is 2.50. The molecule has 214 valence electrons. The van der Waals surface area contributed by atoms with E-state index in [4.69, 9.17) is 14.2 Å². The molecule has 0 spiro atoms. The zero-order valence-electron chi connectivity index (χ0n) is 25.0. The smallest absolute Gasteiger partial charge is 0.302 e. The average Bonchev–Trinajstić information content (AvgIpc) is 3.50. The van der Waals surface area contributed by atoms with E-state index < -0.39 is 0 Å².